The van der Waals surface area contributed by atoms with E-state index in [1.807, 2.05) is 0 Å². The first kappa shape index (κ1) is 23.0. The molecule has 1 unspecified atom stereocenters. The molecule has 0 spiro atoms. The minimum atomic E-state index is -4.15. The average Bonchev–Trinajstić information content (AvgIpc) is 2.63. The minimum Gasteiger partial charge on any atom is -0.393 e. The lowest BCUT2D eigenvalue weighted by molar-refractivity contribution is -0.119. The first-order valence-electron chi connectivity index (χ1n) is 8.53. The van der Waals surface area contributed by atoms with Crippen LogP contribution in [0.5, 0.6) is 0 Å². The van der Waals surface area contributed by atoms with Crippen LogP contribution in [0.3, 0.4) is 0 Å². The average molecular weight is 457 g/mol. The number of carbonyl (C=O) groups excluding carboxylic acids is 1. The maximum Gasteiger partial charge on any atom is 0.272 e. The van der Waals surface area contributed by atoms with E-state index in [1.54, 1.807) is 6.92 Å². The Morgan fingerprint density at radius 2 is 1.90 bits per heavy atom. The van der Waals surface area contributed by atoms with Crippen molar-refractivity contribution in [2.45, 2.75) is 24.2 Å². The number of hydrogen-bond donors (Lipinski definition) is 5. The van der Waals surface area contributed by atoms with Crippen molar-refractivity contribution in [3.63, 3.8) is 0 Å². The van der Waals surface area contributed by atoms with Gasteiger partial charge in [-0.25, -0.2) is 8.42 Å². The Balaban J connectivity index is 2.45. The molecule has 0 aliphatic heterocycles. The number of guanidine groups is 1. The molecule has 2 rings (SSSR count). The number of primary amides is 1. The van der Waals surface area contributed by atoms with E-state index in [0.717, 1.165) is 0 Å². The molecule has 0 radical (unpaired) electrons. The summed E-state index contributed by atoms with van der Waals surface area (Å²) in [5.74, 6) is -2.16. The van der Waals surface area contributed by atoms with Crippen LogP contribution < -0.4 is 27.5 Å². The summed E-state index contributed by atoms with van der Waals surface area (Å²) >= 11 is 5.79. The molecule has 0 aliphatic rings. The molecule has 30 heavy (non-hydrogen) atoms. The lowest BCUT2D eigenvalue weighted by Gasteiger charge is -2.18. The molecule has 0 saturated carbocycles. The number of nitrogens with zero attached hydrogens (tertiary/aromatic N) is 1. The molecule has 1 atom stereocenters. The summed E-state index contributed by atoms with van der Waals surface area (Å²) < 4.78 is 27.7. The van der Waals surface area contributed by atoms with Gasteiger partial charge in [-0.05, 0) is 54.4 Å². The number of anilines is 1. The summed E-state index contributed by atoms with van der Waals surface area (Å²) in [5, 5.41) is 3.69. The second-order valence-corrected chi connectivity index (χ2v) is 8.38. The smallest absolute Gasteiger partial charge is 0.272 e. The number of halogens is 1. The second kappa shape index (κ2) is 9.50. The lowest BCUT2D eigenvalue weighted by Crippen LogP contribution is -2.29. The quantitative estimate of drug-likeness (QED) is 0.155. The molecule has 1 aromatic carbocycles. The van der Waals surface area contributed by atoms with Crippen LogP contribution in [0.4, 0.5) is 5.69 Å². The van der Waals surface area contributed by atoms with Crippen LogP contribution in [0.25, 0.3) is 0 Å². The number of oxime groups is 1. The molecule has 1 amide bonds. The molecule has 0 bridgehead atoms. The molecule has 8 N–H and O–H groups in total. The van der Waals surface area contributed by atoms with Gasteiger partial charge >= 0.3 is 0 Å². The maximum absolute atomic E-state index is 12.7. The van der Waals surface area contributed by atoms with Crippen molar-refractivity contribution in [2.24, 2.45) is 22.4 Å². The standard InChI is InChI=1S/C17H21ClN6O5S/c1-9-8-13(12(15(19)25)6-7-29-23-17(20)21)14(16(26)22-9)24-30(27,28)11-4-2-10(18)3-5-11/h2-5,8,12,24H,6-7H2,1H3,(H2,19,25)(H,22,26)(H4,20,21,23). The van der Waals surface area contributed by atoms with Crippen LogP contribution in [0.2, 0.25) is 5.02 Å². The molecule has 2 aromatic rings. The minimum absolute atomic E-state index is 0.00925. The number of rotatable bonds is 9. The Labute approximate surface area is 177 Å². The van der Waals surface area contributed by atoms with Crippen LogP contribution in [-0.2, 0) is 19.7 Å². The summed E-state index contributed by atoms with van der Waals surface area (Å²) in [4.78, 5) is 31.8. The van der Waals surface area contributed by atoms with Gasteiger partial charge in [0.2, 0.25) is 11.9 Å². The third kappa shape index (κ3) is 5.87. The number of nitrogens with one attached hydrogen (secondary N) is 2. The molecule has 162 valence electrons. The number of pyridine rings is 1. The van der Waals surface area contributed by atoms with Crippen LogP contribution >= 0.6 is 11.6 Å². The van der Waals surface area contributed by atoms with Crippen molar-refractivity contribution >= 4 is 39.2 Å². The third-order valence-electron chi connectivity index (χ3n) is 3.95. The summed E-state index contributed by atoms with van der Waals surface area (Å²) in [6, 6.07) is 6.80. The second-order valence-electron chi connectivity index (χ2n) is 6.26. The monoisotopic (exact) mass is 456 g/mol. The van der Waals surface area contributed by atoms with Gasteiger partial charge in [0.15, 0.2) is 0 Å². The van der Waals surface area contributed by atoms with E-state index < -0.39 is 27.4 Å². The van der Waals surface area contributed by atoms with Crippen LogP contribution in [-0.4, -0.2) is 31.9 Å². The van der Waals surface area contributed by atoms with Crippen molar-refractivity contribution in [1.29, 1.82) is 0 Å². The fourth-order valence-corrected chi connectivity index (χ4v) is 3.86. The predicted octanol–water partition coefficient (Wildman–Crippen LogP) is 0.302. The normalized spacial score (nSPS) is 12.1. The number of aromatic amines is 1. The van der Waals surface area contributed by atoms with E-state index in [4.69, 9.17) is 33.6 Å². The lowest BCUT2D eigenvalue weighted by atomic mass is 9.94. The van der Waals surface area contributed by atoms with Gasteiger partial charge in [0, 0.05) is 10.7 Å². The maximum atomic E-state index is 12.7. The predicted molar refractivity (Wildman–Crippen MR) is 112 cm³/mol. The van der Waals surface area contributed by atoms with Gasteiger partial charge < -0.3 is 27.0 Å². The summed E-state index contributed by atoms with van der Waals surface area (Å²) in [6.45, 7) is 1.47. The zero-order valence-electron chi connectivity index (χ0n) is 15.9. The molecule has 0 fully saturated rings. The summed E-state index contributed by atoms with van der Waals surface area (Å²) in [7, 11) is -4.15. The van der Waals surface area contributed by atoms with E-state index in [0.29, 0.717) is 10.7 Å². The van der Waals surface area contributed by atoms with Crippen LogP contribution in [0.15, 0.2) is 45.2 Å². The van der Waals surface area contributed by atoms with Gasteiger partial charge in [0.1, 0.15) is 12.3 Å². The van der Waals surface area contributed by atoms with Crippen molar-refractivity contribution < 1.29 is 18.0 Å². The van der Waals surface area contributed by atoms with Crippen LogP contribution in [0.1, 0.15) is 23.6 Å². The SMILES string of the molecule is Cc1cc(C(CCON=C(N)N)C(N)=O)c(NS(=O)(=O)c2ccc(Cl)cc2)c(=O)[nH]1. The molecule has 11 nitrogen and oxygen atoms in total. The number of aromatic nitrogens is 1. The van der Waals surface area contributed by atoms with Crippen molar-refractivity contribution in [1.82, 2.24) is 4.98 Å². The van der Waals surface area contributed by atoms with Crippen molar-refractivity contribution in [3.05, 3.63) is 57.0 Å². The number of nitrogens with two attached hydrogens (primary N) is 3. The molecular weight excluding hydrogens is 436 g/mol. The van der Waals surface area contributed by atoms with Gasteiger partial charge in [-0.2, -0.15) is 0 Å². The van der Waals surface area contributed by atoms with E-state index in [1.165, 1.54) is 30.3 Å². The Hall–Kier alpha value is -3.25. The highest BCUT2D eigenvalue weighted by Crippen LogP contribution is 2.27. The topological polar surface area (TPSA) is 196 Å². The highest BCUT2D eigenvalue weighted by atomic mass is 35.5. The highest BCUT2D eigenvalue weighted by Gasteiger charge is 2.26. The molecule has 1 aromatic heterocycles. The third-order valence-corrected chi connectivity index (χ3v) is 5.56. The van der Waals surface area contributed by atoms with E-state index in [2.05, 4.69) is 14.9 Å². The fourth-order valence-electron chi connectivity index (χ4n) is 2.64. The van der Waals surface area contributed by atoms with Crippen LogP contribution in [0, 0.1) is 6.92 Å². The molecular formula is C17H21ClN6O5S. The van der Waals surface area contributed by atoms with Gasteiger partial charge in [-0.15, -0.1) is 0 Å². The summed E-state index contributed by atoms with van der Waals surface area (Å²) in [5.41, 5.74) is 15.2. The molecule has 0 saturated heterocycles. The Morgan fingerprint density at radius 3 is 2.47 bits per heavy atom. The molecule has 0 aliphatic carbocycles. The molecule has 1 heterocycles. The number of aryl methyl sites for hydroxylation is 1. The Morgan fingerprint density at radius 1 is 1.27 bits per heavy atom. The number of H-pyrrole nitrogens is 1. The van der Waals surface area contributed by atoms with Crippen molar-refractivity contribution in [2.75, 3.05) is 11.3 Å². The number of carbonyl (C=O) groups is 1. The number of benzene rings is 1. The van der Waals surface area contributed by atoms with E-state index in [9.17, 15) is 18.0 Å². The van der Waals surface area contributed by atoms with Crippen molar-refractivity contribution in [3.8, 4) is 0 Å². The van der Waals surface area contributed by atoms with Gasteiger partial charge in [0.25, 0.3) is 15.6 Å². The zero-order chi connectivity index (χ0) is 22.5. The Bertz CT molecular complexity index is 1110. The fraction of sp³-hybridized carbons (Fsp3) is 0.235. The van der Waals surface area contributed by atoms with E-state index >= 15 is 0 Å². The molecule has 13 heteroatoms. The largest absolute Gasteiger partial charge is 0.393 e. The number of sulfonamides is 1. The first-order chi connectivity index (χ1) is 14.0. The van der Waals surface area contributed by atoms with E-state index in [-0.39, 0.29) is 35.1 Å². The van der Waals surface area contributed by atoms with Gasteiger partial charge in [0.05, 0.1) is 10.8 Å². The zero-order valence-corrected chi connectivity index (χ0v) is 17.5. The number of amides is 1. The highest BCUT2D eigenvalue weighted by molar-refractivity contribution is 7.92. The first-order valence-corrected chi connectivity index (χ1v) is 10.4. The Kier molecular flexibility index (Phi) is 7.29. The number of hydrogen-bond acceptors (Lipinski definition) is 6. The summed E-state index contributed by atoms with van der Waals surface area (Å²) in [6.07, 6.45) is -0.00925. The van der Waals surface area contributed by atoms with Gasteiger partial charge in [-0.3, -0.25) is 14.3 Å². The van der Waals surface area contributed by atoms with Gasteiger partial charge in [-0.1, -0.05) is 11.6 Å².